The van der Waals surface area contributed by atoms with Crippen LogP contribution in [0, 0.1) is 0 Å². The number of benzene rings is 2. The highest BCUT2D eigenvalue weighted by Gasteiger charge is 2.34. The number of aromatic carboxylic acids is 2. The first-order valence-corrected chi connectivity index (χ1v) is 9.88. The summed E-state index contributed by atoms with van der Waals surface area (Å²) in [5, 5.41) is 21.8. The highest BCUT2D eigenvalue weighted by Crippen LogP contribution is 2.49. The van der Waals surface area contributed by atoms with Crippen molar-refractivity contribution in [2.24, 2.45) is 0 Å². The first-order chi connectivity index (χ1) is 14.4. The summed E-state index contributed by atoms with van der Waals surface area (Å²) in [6.45, 7) is 0. The molecule has 0 saturated carbocycles. The summed E-state index contributed by atoms with van der Waals surface area (Å²) in [6.07, 6.45) is 0.154. The van der Waals surface area contributed by atoms with Gasteiger partial charge in [-0.3, -0.25) is 4.79 Å². The second-order valence-electron chi connectivity index (χ2n) is 6.81. The van der Waals surface area contributed by atoms with Crippen molar-refractivity contribution >= 4 is 34.9 Å². The zero-order valence-corrected chi connectivity index (χ0v) is 16.7. The van der Waals surface area contributed by atoms with E-state index in [0.717, 1.165) is 21.8 Å². The molecule has 2 aromatic carbocycles. The van der Waals surface area contributed by atoms with E-state index in [1.165, 1.54) is 12.1 Å². The van der Waals surface area contributed by atoms with Gasteiger partial charge >= 0.3 is 11.9 Å². The first-order valence-electron chi connectivity index (χ1n) is 9.06. The van der Waals surface area contributed by atoms with E-state index >= 15 is 0 Å². The molecule has 1 amide bonds. The molecule has 0 fully saturated rings. The quantitative estimate of drug-likeness (QED) is 0.564. The lowest BCUT2D eigenvalue weighted by Gasteiger charge is -2.24. The molecular weight excluding hydrogens is 406 g/mol. The van der Waals surface area contributed by atoms with Crippen LogP contribution in [0.5, 0.6) is 5.75 Å². The van der Waals surface area contributed by atoms with Crippen LogP contribution in [0.1, 0.15) is 42.8 Å². The fraction of sp³-hybridized carbons (Fsp3) is 0.136. The van der Waals surface area contributed by atoms with Crippen LogP contribution in [0.15, 0.2) is 48.5 Å². The molecule has 30 heavy (non-hydrogen) atoms. The smallest absolute Gasteiger partial charge is 0.346 e. The lowest BCUT2D eigenvalue weighted by Crippen LogP contribution is -2.22. The number of carboxylic acid groups (broad SMARTS) is 2. The number of ether oxygens (including phenoxy) is 1. The van der Waals surface area contributed by atoms with E-state index in [9.17, 15) is 19.5 Å². The van der Waals surface area contributed by atoms with Crippen molar-refractivity contribution < 1.29 is 29.3 Å². The van der Waals surface area contributed by atoms with Gasteiger partial charge in [-0.25, -0.2) is 9.59 Å². The molecule has 0 bridgehead atoms. The zero-order chi connectivity index (χ0) is 21.4. The Hall–Kier alpha value is -3.65. The minimum atomic E-state index is -1.07. The van der Waals surface area contributed by atoms with Gasteiger partial charge in [0.05, 0.1) is 18.4 Å². The molecule has 0 saturated heterocycles. The Morgan fingerprint density at radius 3 is 2.27 bits per heavy atom. The molecule has 7 nitrogen and oxygen atoms in total. The molecule has 152 valence electrons. The van der Waals surface area contributed by atoms with Crippen molar-refractivity contribution in [3.63, 3.8) is 0 Å². The molecule has 1 aliphatic rings. The van der Waals surface area contributed by atoms with Gasteiger partial charge in [-0.1, -0.05) is 24.3 Å². The fourth-order valence-corrected chi connectivity index (χ4v) is 4.84. The summed E-state index contributed by atoms with van der Waals surface area (Å²) in [6, 6.07) is 13.3. The van der Waals surface area contributed by atoms with Crippen LogP contribution in [0.4, 0.5) is 5.69 Å². The van der Waals surface area contributed by atoms with Crippen LogP contribution in [0.3, 0.4) is 0 Å². The number of fused-ring (bicyclic) bond motifs is 1. The number of carbonyl (C=O) groups is 3. The Bertz CT molecular complexity index is 1150. The van der Waals surface area contributed by atoms with E-state index in [0.29, 0.717) is 22.6 Å². The lowest BCUT2D eigenvalue weighted by molar-refractivity contribution is -0.116. The molecule has 1 aliphatic heterocycles. The van der Waals surface area contributed by atoms with Gasteiger partial charge < -0.3 is 20.3 Å². The lowest BCUT2D eigenvalue weighted by atomic mass is 9.88. The third-order valence-electron chi connectivity index (χ3n) is 5.04. The number of amides is 1. The Labute approximate surface area is 175 Å². The first kappa shape index (κ1) is 19.7. The maximum Gasteiger partial charge on any atom is 0.346 e. The average Bonchev–Trinajstić information content (AvgIpc) is 3.13. The average molecular weight is 423 g/mol. The number of carboxylic acids is 2. The third kappa shape index (κ3) is 3.42. The van der Waals surface area contributed by atoms with Crippen molar-refractivity contribution in [2.45, 2.75) is 12.3 Å². The van der Waals surface area contributed by atoms with Crippen LogP contribution < -0.4 is 10.1 Å². The Morgan fingerprint density at radius 2 is 1.70 bits per heavy atom. The van der Waals surface area contributed by atoms with Crippen LogP contribution in [-0.2, 0) is 4.79 Å². The molecule has 0 aliphatic carbocycles. The van der Waals surface area contributed by atoms with Gasteiger partial charge in [0.1, 0.15) is 10.6 Å². The van der Waals surface area contributed by atoms with Crippen molar-refractivity contribution in [1.82, 2.24) is 0 Å². The molecule has 3 N–H and O–H groups in total. The number of rotatable bonds is 5. The number of anilines is 1. The SMILES string of the molecule is COc1ccc(-c2c(C(=O)O)sc3c2NC(=O)C[C@H]3c2ccc(C(=O)O)cc2)cc1. The van der Waals surface area contributed by atoms with Gasteiger partial charge in [-0.15, -0.1) is 11.3 Å². The molecule has 2 heterocycles. The zero-order valence-electron chi connectivity index (χ0n) is 15.8. The largest absolute Gasteiger partial charge is 0.497 e. The summed E-state index contributed by atoms with van der Waals surface area (Å²) in [4.78, 5) is 36.5. The second-order valence-corrected chi connectivity index (χ2v) is 7.86. The number of carbonyl (C=O) groups excluding carboxylic acids is 1. The molecule has 8 heteroatoms. The standard InChI is InChI=1S/C22H17NO6S/c1-29-14-8-6-12(7-9-14)17-18-19(30-20(17)22(27)28)15(10-16(24)23-18)11-2-4-13(5-3-11)21(25)26/h2-9,15H,10H2,1H3,(H,23,24)(H,25,26)(H,27,28)/t15-/m0/s1. The Morgan fingerprint density at radius 1 is 1.03 bits per heavy atom. The van der Waals surface area contributed by atoms with Gasteiger partial charge in [-0.2, -0.15) is 0 Å². The van der Waals surface area contributed by atoms with Crippen LogP contribution in [0.25, 0.3) is 11.1 Å². The number of thiophene rings is 1. The number of nitrogens with one attached hydrogen (secondary N) is 1. The predicted molar refractivity (Wildman–Crippen MR) is 112 cm³/mol. The van der Waals surface area contributed by atoms with Crippen LogP contribution in [0.2, 0.25) is 0 Å². The van der Waals surface area contributed by atoms with E-state index in [2.05, 4.69) is 5.32 Å². The van der Waals surface area contributed by atoms with E-state index in [4.69, 9.17) is 9.84 Å². The Balaban J connectivity index is 1.86. The highest BCUT2D eigenvalue weighted by molar-refractivity contribution is 7.15. The van der Waals surface area contributed by atoms with Gasteiger partial charge in [0, 0.05) is 22.8 Å². The van der Waals surface area contributed by atoms with Gasteiger partial charge in [0.25, 0.3) is 0 Å². The van der Waals surface area contributed by atoms with E-state index in [1.54, 1.807) is 43.5 Å². The highest BCUT2D eigenvalue weighted by atomic mass is 32.1. The van der Waals surface area contributed by atoms with E-state index in [-0.39, 0.29) is 28.7 Å². The predicted octanol–water partition coefficient (Wildman–Crippen LogP) is 4.29. The molecule has 0 spiro atoms. The number of hydrogen-bond acceptors (Lipinski definition) is 5. The molecule has 1 aromatic heterocycles. The molecular formula is C22H17NO6S. The summed E-state index contributed by atoms with van der Waals surface area (Å²) >= 11 is 1.13. The molecule has 3 aromatic rings. The van der Waals surface area contributed by atoms with Crippen LogP contribution >= 0.6 is 11.3 Å². The van der Waals surface area contributed by atoms with Gasteiger partial charge in [-0.05, 0) is 35.4 Å². The van der Waals surface area contributed by atoms with Gasteiger partial charge in [0.15, 0.2) is 0 Å². The van der Waals surface area contributed by atoms with Crippen LogP contribution in [-0.4, -0.2) is 35.2 Å². The van der Waals surface area contributed by atoms with E-state index in [1.807, 2.05) is 0 Å². The summed E-state index contributed by atoms with van der Waals surface area (Å²) in [7, 11) is 1.55. The normalized spacial score (nSPS) is 15.2. The fourth-order valence-electron chi connectivity index (χ4n) is 3.60. The third-order valence-corrected chi connectivity index (χ3v) is 6.33. The van der Waals surface area contributed by atoms with Crippen molar-refractivity contribution in [3.05, 3.63) is 69.4 Å². The molecule has 1 atom stereocenters. The van der Waals surface area contributed by atoms with E-state index < -0.39 is 11.9 Å². The van der Waals surface area contributed by atoms with Crippen molar-refractivity contribution in [1.29, 1.82) is 0 Å². The molecule has 4 rings (SSSR count). The maximum atomic E-state index is 12.5. The topological polar surface area (TPSA) is 113 Å². The number of methoxy groups -OCH3 is 1. The number of hydrogen-bond donors (Lipinski definition) is 3. The summed E-state index contributed by atoms with van der Waals surface area (Å²) in [5.74, 6) is -2.05. The van der Waals surface area contributed by atoms with Crippen molar-refractivity contribution in [2.75, 3.05) is 12.4 Å². The van der Waals surface area contributed by atoms with Crippen molar-refractivity contribution in [3.8, 4) is 16.9 Å². The Kier molecular flexibility index (Phi) is 5.01. The molecule has 0 unspecified atom stereocenters. The maximum absolute atomic E-state index is 12.5. The summed E-state index contributed by atoms with van der Waals surface area (Å²) < 4.78 is 5.17. The minimum absolute atomic E-state index is 0.138. The molecule has 0 radical (unpaired) electrons. The minimum Gasteiger partial charge on any atom is -0.497 e. The summed E-state index contributed by atoms with van der Waals surface area (Å²) in [5.41, 5.74) is 2.52. The monoisotopic (exact) mass is 423 g/mol. The second kappa shape index (κ2) is 7.64. The van der Waals surface area contributed by atoms with Gasteiger partial charge in [0.2, 0.25) is 5.91 Å².